The number of halogens is 1. The molecular weight excluding hydrogens is 400 g/mol. The average Bonchev–Trinajstić information content (AvgIpc) is 2.69. The van der Waals surface area contributed by atoms with Crippen molar-refractivity contribution in [2.45, 2.75) is 4.90 Å². The standard InChI is InChI=1S/C20H23ClN2O4S/c1-28(25,26)17-6-4-5-16(15-17)20(24)23-11-9-22(10-12-23)13-14-27-19-8-3-2-7-18(19)21/h2-8,15H,9-14H2,1H3. The fourth-order valence-electron chi connectivity index (χ4n) is 3.06. The largest absolute Gasteiger partial charge is 0.491 e. The number of carbonyl (C=O) groups excluding carboxylic acids is 1. The van der Waals surface area contributed by atoms with Crippen LogP contribution in [0.3, 0.4) is 0 Å². The van der Waals surface area contributed by atoms with E-state index in [9.17, 15) is 13.2 Å². The van der Waals surface area contributed by atoms with Crippen LogP contribution in [0.15, 0.2) is 53.4 Å². The Bertz CT molecular complexity index is 941. The Morgan fingerprint density at radius 1 is 1.07 bits per heavy atom. The van der Waals surface area contributed by atoms with Crippen LogP contribution < -0.4 is 4.74 Å². The molecule has 1 amide bonds. The highest BCUT2D eigenvalue weighted by molar-refractivity contribution is 7.90. The Morgan fingerprint density at radius 2 is 1.79 bits per heavy atom. The molecule has 8 heteroatoms. The lowest BCUT2D eigenvalue weighted by molar-refractivity contribution is 0.0620. The van der Waals surface area contributed by atoms with Gasteiger partial charge in [0.25, 0.3) is 5.91 Å². The first-order chi connectivity index (χ1) is 13.3. The Kier molecular flexibility index (Phi) is 6.59. The summed E-state index contributed by atoms with van der Waals surface area (Å²) in [7, 11) is -3.34. The zero-order chi connectivity index (χ0) is 20.1. The molecule has 2 aromatic carbocycles. The van der Waals surface area contributed by atoms with Crippen LogP contribution in [0.25, 0.3) is 0 Å². The second-order valence-electron chi connectivity index (χ2n) is 6.71. The fraction of sp³-hybridized carbons (Fsp3) is 0.350. The molecule has 1 fully saturated rings. The van der Waals surface area contributed by atoms with Crippen molar-refractivity contribution in [1.29, 1.82) is 0 Å². The van der Waals surface area contributed by atoms with Crippen molar-refractivity contribution >= 4 is 27.3 Å². The first kappa shape index (κ1) is 20.6. The van der Waals surface area contributed by atoms with Gasteiger partial charge in [0.1, 0.15) is 12.4 Å². The van der Waals surface area contributed by atoms with Crippen molar-refractivity contribution in [1.82, 2.24) is 9.80 Å². The molecule has 0 spiro atoms. The van der Waals surface area contributed by atoms with Crippen molar-refractivity contribution in [2.24, 2.45) is 0 Å². The molecule has 1 aliphatic heterocycles. The number of carbonyl (C=O) groups is 1. The summed E-state index contributed by atoms with van der Waals surface area (Å²) in [6.45, 7) is 3.93. The van der Waals surface area contributed by atoms with E-state index in [4.69, 9.17) is 16.3 Å². The molecule has 0 atom stereocenters. The molecule has 0 radical (unpaired) electrons. The van der Waals surface area contributed by atoms with E-state index in [2.05, 4.69) is 4.90 Å². The number of para-hydroxylation sites is 1. The summed E-state index contributed by atoms with van der Waals surface area (Å²) >= 11 is 6.08. The molecule has 2 aromatic rings. The SMILES string of the molecule is CS(=O)(=O)c1cccc(C(=O)N2CCN(CCOc3ccccc3Cl)CC2)c1. The van der Waals surface area contributed by atoms with E-state index in [1.54, 1.807) is 23.1 Å². The number of piperazine rings is 1. The summed E-state index contributed by atoms with van der Waals surface area (Å²) in [5.41, 5.74) is 0.401. The Balaban J connectivity index is 1.50. The Hall–Kier alpha value is -2.09. The molecule has 0 bridgehead atoms. The number of hydrogen-bond acceptors (Lipinski definition) is 5. The van der Waals surface area contributed by atoms with Crippen LogP contribution in [0.5, 0.6) is 5.75 Å². The minimum Gasteiger partial charge on any atom is -0.491 e. The van der Waals surface area contributed by atoms with Gasteiger partial charge in [-0.25, -0.2) is 8.42 Å². The minimum atomic E-state index is -3.34. The van der Waals surface area contributed by atoms with E-state index in [1.165, 1.54) is 12.1 Å². The highest BCUT2D eigenvalue weighted by atomic mass is 35.5. The van der Waals surface area contributed by atoms with Gasteiger partial charge in [-0.1, -0.05) is 29.8 Å². The summed E-state index contributed by atoms with van der Waals surface area (Å²) in [6.07, 6.45) is 1.14. The molecule has 3 rings (SSSR count). The van der Waals surface area contributed by atoms with Crippen LogP contribution in [0.1, 0.15) is 10.4 Å². The van der Waals surface area contributed by atoms with Gasteiger partial charge in [-0.05, 0) is 30.3 Å². The summed E-state index contributed by atoms with van der Waals surface area (Å²) in [6, 6.07) is 13.6. The van der Waals surface area contributed by atoms with Crippen molar-refractivity contribution in [3.05, 3.63) is 59.1 Å². The van der Waals surface area contributed by atoms with E-state index in [0.717, 1.165) is 25.9 Å². The van der Waals surface area contributed by atoms with Gasteiger partial charge in [0, 0.05) is 44.5 Å². The number of ether oxygens (including phenoxy) is 1. The molecule has 150 valence electrons. The number of benzene rings is 2. The molecule has 0 N–H and O–H groups in total. The van der Waals surface area contributed by atoms with Gasteiger partial charge in [-0.3, -0.25) is 9.69 Å². The van der Waals surface area contributed by atoms with Gasteiger partial charge in [-0.15, -0.1) is 0 Å². The van der Waals surface area contributed by atoms with Crippen molar-refractivity contribution < 1.29 is 17.9 Å². The van der Waals surface area contributed by atoms with Crippen molar-refractivity contribution in [3.63, 3.8) is 0 Å². The maximum atomic E-state index is 12.7. The molecule has 1 aliphatic rings. The number of hydrogen-bond donors (Lipinski definition) is 0. The van der Waals surface area contributed by atoms with Gasteiger partial charge >= 0.3 is 0 Å². The summed E-state index contributed by atoms with van der Waals surface area (Å²) in [5, 5.41) is 0.592. The molecule has 0 aromatic heterocycles. The van der Waals surface area contributed by atoms with Gasteiger partial charge in [0.15, 0.2) is 9.84 Å². The first-order valence-corrected chi connectivity index (χ1v) is 11.3. The summed E-state index contributed by atoms with van der Waals surface area (Å²) in [4.78, 5) is 16.8. The molecule has 28 heavy (non-hydrogen) atoms. The smallest absolute Gasteiger partial charge is 0.253 e. The van der Waals surface area contributed by atoms with Crippen LogP contribution in [0.2, 0.25) is 5.02 Å². The van der Waals surface area contributed by atoms with Crippen LogP contribution >= 0.6 is 11.6 Å². The monoisotopic (exact) mass is 422 g/mol. The zero-order valence-corrected chi connectivity index (χ0v) is 17.2. The predicted octanol–water partition coefficient (Wildman–Crippen LogP) is 2.58. The third kappa shape index (κ3) is 5.25. The third-order valence-electron chi connectivity index (χ3n) is 4.67. The van der Waals surface area contributed by atoms with E-state index in [0.29, 0.717) is 36.0 Å². The van der Waals surface area contributed by atoms with E-state index in [1.807, 2.05) is 18.2 Å². The van der Waals surface area contributed by atoms with Gasteiger partial charge in [-0.2, -0.15) is 0 Å². The highest BCUT2D eigenvalue weighted by Gasteiger charge is 2.23. The molecular formula is C20H23ClN2O4S. The number of amides is 1. The second kappa shape index (κ2) is 8.94. The van der Waals surface area contributed by atoms with E-state index in [-0.39, 0.29) is 10.8 Å². The lowest BCUT2D eigenvalue weighted by Crippen LogP contribution is -2.49. The quantitative estimate of drug-likeness (QED) is 0.715. The third-order valence-corrected chi connectivity index (χ3v) is 6.09. The van der Waals surface area contributed by atoms with Crippen LogP contribution in [-0.2, 0) is 9.84 Å². The fourth-order valence-corrected chi connectivity index (χ4v) is 3.92. The molecule has 0 saturated carbocycles. The van der Waals surface area contributed by atoms with E-state index >= 15 is 0 Å². The topological polar surface area (TPSA) is 66.9 Å². The van der Waals surface area contributed by atoms with Gasteiger partial charge in [0.05, 0.1) is 9.92 Å². The maximum Gasteiger partial charge on any atom is 0.253 e. The number of rotatable bonds is 6. The van der Waals surface area contributed by atoms with Crippen LogP contribution in [-0.4, -0.2) is 69.7 Å². The predicted molar refractivity (Wildman–Crippen MR) is 109 cm³/mol. The summed E-state index contributed by atoms with van der Waals surface area (Å²) < 4.78 is 29.1. The minimum absolute atomic E-state index is 0.141. The first-order valence-electron chi connectivity index (χ1n) is 9.04. The maximum absolute atomic E-state index is 12.7. The second-order valence-corrected chi connectivity index (χ2v) is 9.14. The highest BCUT2D eigenvalue weighted by Crippen LogP contribution is 2.23. The van der Waals surface area contributed by atoms with Crippen LogP contribution in [0, 0.1) is 0 Å². The van der Waals surface area contributed by atoms with Gasteiger partial charge < -0.3 is 9.64 Å². The molecule has 6 nitrogen and oxygen atoms in total. The molecule has 0 aliphatic carbocycles. The average molecular weight is 423 g/mol. The number of nitrogens with zero attached hydrogens (tertiary/aromatic N) is 2. The lowest BCUT2D eigenvalue weighted by atomic mass is 10.2. The summed E-state index contributed by atoms with van der Waals surface area (Å²) in [5.74, 6) is 0.529. The lowest BCUT2D eigenvalue weighted by Gasteiger charge is -2.34. The van der Waals surface area contributed by atoms with Crippen molar-refractivity contribution in [3.8, 4) is 5.75 Å². The Morgan fingerprint density at radius 3 is 2.46 bits per heavy atom. The van der Waals surface area contributed by atoms with Gasteiger partial charge in [0.2, 0.25) is 0 Å². The van der Waals surface area contributed by atoms with E-state index < -0.39 is 9.84 Å². The molecule has 1 heterocycles. The normalized spacial score (nSPS) is 15.4. The van der Waals surface area contributed by atoms with Crippen molar-refractivity contribution in [2.75, 3.05) is 45.6 Å². The number of sulfone groups is 1. The zero-order valence-electron chi connectivity index (χ0n) is 15.7. The molecule has 0 unspecified atom stereocenters. The Labute approximate surface area is 170 Å². The van der Waals surface area contributed by atoms with Crippen LogP contribution in [0.4, 0.5) is 0 Å². The molecule has 1 saturated heterocycles.